The Kier molecular flexibility index (Phi) is 5.12. The van der Waals surface area contributed by atoms with E-state index in [0.717, 1.165) is 11.1 Å². The fraction of sp³-hybridized carbons (Fsp3) is 0.0435. The van der Waals surface area contributed by atoms with Crippen molar-refractivity contribution in [2.75, 3.05) is 5.32 Å². The van der Waals surface area contributed by atoms with Gasteiger partial charge in [0.25, 0.3) is 5.91 Å². The second-order valence-corrected chi connectivity index (χ2v) is 6.37. The van der Waals surface area contributed by atoms with Crippen LogP contribution < -0.4 is 5.32 Å². The molecule has 0 spiro atoms. The first kappa shape index (κ1) is 18.1. The molecule has 1 N–H and O–H groups in total. The van der Waals surface area contributed by atoms with Crippen LogP contribution in [0.1, 0.15) is 21.5 Å². The lowest BCUT2D eigenvalue weighted by molar-refractivity contribution is 0.0947. The highest BCUT2D eigenvalue weighted by Crippen LogP contribution is 2.19. The van der Waals surface area contributed by atoms with Crippen LogP contribution in [0.5, 0.6) is 0 Å². The Labute approximate surface area is 168 Å². The van der Waals surface area contributed by atoms with Crippen LogP contribution in [-0.2, 0) is 6.54 Å². The van der Waals surface area contributed by atoms with Crippen molar-refractivity contribution in [2.45, 2.75) is 6.54 Å². The lowest BCUT2D eigenvalue weighted by atomic mass is 10.1. The van der Waals surface area contributed by atoms with E-state index in [-0.39, 0.29) is 5.91 Å². The van der Waals surface area contributed by atoms with E-state index < -0.39 is 0 Å². The Morgan fingerprint density at radius 1 is 0.966 bits per heavy atom. The van der Waals surface area contributed by atoms with Crippen LogP contribution >= 0.6 is 0 Å². The minimum atomic E-state index is -0.270. The highest BCUT2D eigenvalue weighted by atomic mass is 16.2. The van der Waals surface area contributed by atoms with E-state index in [0.29, 0.717) is 29.4 Å². The molecular formula is C23H17N5O. The van der Waals surface area contributed by atoms with Crippen LogP contribution in [0.2, 0.25) is 0 Å². The van der Waals surface area contributed by atoms with Gasteiger partial charge in [-0.05, 0) is 29.8 Å². The largest absolute Gasteiger partial charge is 0.350 e. The van der Waals surface area contributed by atoms with Gasteiger partial charge in [-0.15, -0.1) is 5.10 Å². The maximum Gasteiger partial charge on any atom is 0.281 e. The van der Waals surface area contributed by atoms with E-state index in [1.807, 2.05) is 60.7 Å². The van der Waals surface area contributed by atoms with Gasteiger partial charge in [-0.3, -0.25) is 4.79 Å². The van der Waals surface area contributed by atoms with Gasteiger partial charge in [0.1, 0.15) is 0 Å². The first-order chi connectivity index (χ1) is 14.2. The number of nitrogens with one attached hydrogen (secondary N) is 1. The van der Waals surface area contributed by atoms with Crippen molar-refractivity contribution in [1.29, 1.82) is 5.26 Å². The summed E-state index contributed by atoms with van der Waals surface area (Å²) in [4.78, 5) is 17.5. The first-order valence-electron chi connectivity index (χ1n) is 9.10. The lowest BCUT2D eigenvalue weighted by Gasteiger charge is -2.07. The number of nitriles is 1. The molecule has 6 heteroatoms. The molecule has 0 unspecified atom stereocenters. The zero-order valence-corrected chi connectivity index (χ0v) is 15.5. The molecule has 6 nitrogen and oxygen atoms in total. The summed E-state index contributed by atoms with van der Waals surface area (Å²) in [5.74, 6) is 0.539. The van der Waals surface area contributed by atoms with Gasteiger partial charge in [0.15, 0.2) is 5.82 Å². The van der Waals surface area contributed by atoms with Crippen molar-refractivity contribution in [3.63, 3.8) is 0 Å². The maximum absolute atomic E-state index is 13.0. The highest BCUT2D eigenvalue weighted by Gasteiger charge is 2.18. The van der Waals surface area contributed by atoms with Crippen molar-refractivity contribution < 1.29 is 4.79 Å². The van der Waals surface area contributed by atoms with Crippen LogP contribution in [0.15, 0.2) is 84.9 Å². The number of rotatable bonds is 5. The molecule has 0 aliphatic heterocycles. The lowest BCUT2D eigenvalue weighted by Crippen LogP contribution is -2.17. The summed E-state index contributed by atoms with van der Waals surface area (Å²) < 4.78 is 1.28. The van der Waals surface area contributed by atoms with Gasteiger partial charge >= 0.3 is 0 Å². The molecule has 1 aromatic heterocycles. The number of hydrogen-bond donors (Lipinski definition) is 1. The quantitative estimate of drug-likeness (QED) is 0.564. The molecule has 3 aromatic carbocycles. The summed E-state index contributed by atoms with van der Waals surface area (Å²) in [6.07, 6.45) is 0. The minimum Gasteiger partial charge on any atom is -0.350 e. The summed E-state index contributed by atoms with van der Waals surface area (Å²) in [6.45, 7) is 0.407. The highest BCUT2D eigenvalue weighted by molar-refractivity contribution is 5.97. The van der Waals surface area contributed by atoms with Gasteiger partial charge in [-0.2, -0.15) is 14.9 Å². The van der Waals surface area contributed by atoms with Crippen LogP contribution in [0.3, 0.4) is 0 Å². The number of carbonyl (C=O) groups excluding carboxylic acids is 1. The number of nitrogens with zero attached hydrogens (tertiary/aromatic N) is 4. The molecule has 0 radical (unpaired) electrons. The van der Waals surface area contributed by atoms with Crippen molar-refractivity contribution in [3.05, 3.63) is 102 Å². The molecule has 29 heavy (non-hydrogen) atoms. The van der Waals surface area contributed by atoms with Gasteiger partial charge in [-0.25, -0.2) is 0 Å². The zero-order chi connectivity index (χ0) is 20.1. The van der Waals surface area contributed by atoms with Gasteiger partial charge in [0.05, 0.1) is 11.6 Å². The van der Waals surface area contributed by atoms with Crippen molar-refractivity contribution in [3.8, 4) is 17.5 Å². The molecule has 140 valence electrons. The molecule has 0 bridgehead atoms. The topological polar surface area (TPSA) is 83.6 Å². The van der Waals surface area contributed by atoms with Gasteiger partial charge in [0, 0.05) is 17.7 Å². The molecule has 4 aromatic rings. The summed E-state index contributed by atoms with van der Waals surface area (Å²) >= 11 is 0. The van der Waals surface area contributed by atoms with Crippen LogP contribution in [-0.4, -0.2) is 20.7 Å². The molecule has 0 saturated heterocycles. The predicted molar refractivity (Wildman–Crippen MR) is 110 cm³/mol. The zero-order valence-electron chi connectivity index (χ0n) is 15.5. The summed E-state index contributed by atoms with van der Waals surface area (Å²) in [5, 5.41) is 16.7. The molecule has 0 amide bonds. The Hall–Kier alpha value is -4.24. The van der Waals surface area contributed by atoms with Gasteiger partial charge in [0.2, 0.25) is 5.95 Å². The Morgan fingerprint density at radius 2 is 1.69 bits per heavy atom. The number of carbonyl (C=O) groups is 1. The number of anilines is 1. The fourth-order valence-electron chi connectivity index (χ4n) is 2.91. The summed E-state index contributed by atoms with van der Waals surface area (Å²) in [6, 6.07) is 27.9. The van der Waals surface area contributed by atoms with Crippen molar-refractivity contribution in [2.24, 2.45) is 0 Å². The third-order valence-electron chi connectivity index (χ3n) is 4.36. The molecule has 4 rings (SSSR count). The summed E-state index contributed by atoms with van der Waals surface area (Å²) in [7, 11) is 0. The van der Waals surface area contributed by atoms with Gasteiger partial charge < -0.3 is 5.32 Å². The van der Waals surface area contributed by atoms with Crippen molar-refractivity contribution >= 4 is 11.9 Å². The third kappa shape index (κ3) is 4.04. The molecular weight excluding hydrogens is 362 g/mol. The molecule has 1 heterocycles. The van der Waals surface area contributed by atoms with E-state index in [9.17, 15) is 4.79 Å². The fourth-order valence-corrected chi connectivity index (χ4v) is 2.91. The normalized spacial score (nSPS) is 10.3. The van der Waals surface area contributed by atoms with E-state index in [1.54, 1.807) is 24.3 Å². The smallest absolute Gasteiger partial charge is 0.281 e. The molecule has 0 fully saturated rings. The van der Waals surface area contributed by atoms with E-state index in [4.69, 9.17) is 5.26 Å². The van der Waals surface area contributed by atoms with E-state index in [1.165, 1.54) is 4.68 Å². The second kappa shape index (κ2) is 8.19. The van der Waals surface area contributed by atoms with E-state index in [2.05, 4.69) is 21.5 Å². The summed E-state index contributed by atoms with van der Waals surface area (Å²) in [5.41, 5.74) is 2.83. The van der Waals surface area contributed by atoms with Gasteiger partial charge in [-0.1, -0.05) is 60.7 Å². The predicted octanol–water partition coefficient (Wildman–Crippen LogP) is 4.12. The van der Waals surface area contributed by atoms with Crippen LogP contribution in [0.25, 0.3) is 11.4 Å². The molecule has 0 saturated carbocycles. The second-order valence-electron chi connectivity index (χ2n) is 6.37. The molecule has 0 atom stereocenters. The standard InChI is InChI=1S/C23H17N5O/c24-15-17-8-7-9-18(14-17)16-25-23-26-21(19-10-3-1-4-11-19)27-28(23)22(29)20-12-5-2-6-13-20/h1-14H,16H2,(H,25,26,27). The number of benzene rings is 3. The number of hydrogen-bond acceptors (Lipinski definition) is 5. The molecule has 0 aliphatic carbocycles. The monoisotopic (exact) mass is 379 g/mol. The van der Waals surface area contributed by atoms with Crippen LogP contribution in [0, 0.1) is 11.3 Å². The number of aromatic nitrogens is 3. The third-order valence-corrected chi connectivity index (χ3v) is 4.36. The Morgan fingerprint density at radius 3 is 2.41 bits per heavy atom. The Balaban J connectivity index is 1.68. The molecule has 0 aliphatic rings. The average Bonchev–Trinajstić information content (AvgIpc) is 3.23. The van der Waals surface area contributed by atoms with Crippen LogP contribution in [0.4, 0.5) is 5.95 Å². The first-order valence-corrected chi connectivity index (χ1v) is 9.10. The SMILES string of the molecule is N#Cc1cccc(CNc2nc(-c3ccccc3)nn2C(=O)c2ccccc2)c1. The average molecular weight is 379 g/mol. The Bertz CT molecular complexity index is 1180. The van der Waals surface area contributed by atoms with Crippen molar-refractivity contribution in [1.82, 2.24) is 14.8 Å². The maximum atomic E-state index is 13.0. The minimum absolute atomic E-state index is 0.270. The van der Waals surface area contributed by atoms with E-state index >= 15 is 0 Å².